The Morgan fingerprint density at radius 2 is 1.94 bits per heavy atom. The van der Waals surface area contributed by atoms with Crippen LogP contribution in [0.1, 0.15) is 26.3 Å². The minimum Gasteiger partial charge on any atom is -0.360 e. The number of hydrogen-bond acceptors (Lipinski definition) is 4. The number of thioether (sulfide) groups is 1. The van der Waals surface area contributed by atoms with E-state index in [9.17, 15) is 4.79 Å². The monoisotopic (exact) mass is 433 g/mol. The standard InChI is InChI=1S/C24H27N5OS/c1-15(2)17(4)26-22(30)14-31-24-28-27-23(29(24)18-9-7-8-16(3)12-18)20-13-25-21-11-6-5-10-19(20)21/h5-13,15,17,25H,14H2,1-4H3,(H,26,30). The second-order valence-corrected chi connectivity index (χ2v) is 9.06. The Morgan fingerprint density at radius 3 is 2.71 bits per heavy atom. The van der Waals surface area contributed by atoms with Gasteiger partial charge in [0, 0.05) is 34.4 Å². The number of nitrogens with zero attached hydrogens (tertiary/aromatic N) is 3. The first-order valence-electron chi connectivity index (χ1n) is 10.4. The molecular weight excluding hydrogens is 406 g/mol. The second-order valence-electron chi connectivity index (χ2n) is 8.12. The van der Waals surface area contributed by atoms with E-state index in [0.717, 1.165) is 33.5 Å². The van der Waals surface area contributed by atoms with Crippen molar-refractivity contribution >= 4 is 28.6 Å². The molecule has 4 aromatic rings. The van der Waals surface area contributed by atoms with Crippen molar-refractivity contribution in [2.45, 2.75) is 38.9 Å². The van der Waals surface area contributed by atoms with Crippen molar-refractivity contribution in [3.63, 3.8) is 0 Å². The molecule has 0 bridgehead atoms. The van der Waals surface area contributed by atoms with Gasteiger partial charge in [0.1, 0.15) is 0 Å². The second kappa shape index (κ2) is 8.98. The van der Waals surface area contributed by atoms with Crippen LogP contribution in [0, 0.1) is 12.8 Å². The number of rotatable bonds is 7. The molecule has 160 valence electrons. The molecule has 0 aliphatic carbocycles. The van der Waals surface area contributed by atoms with Crippen LogP contribution in [-0.4, -0.2) is 37.5 Å². The summed E-state index contributed by atoms with van der Waals surface area (Å²) in [6.45, 7) is 8.28. The summed E-state index contributed by atoms with van der Waals surface area (Å²) in [6.07, 6.45) is 1.96. The van der Waals surface area contributed by atoms with Crippen LogP contribution in [0.4, 0.5) is 0 Å². The molecular formula is C24H27N5OS. The van der Waals surface area contributed by atoms with E-state index in [1.165, 1.54) is 11.8 Å². The Labute approximate surface area is 186 Å². The van der Waals surface area contributed by atoms with Gasteiger partial charge in [-0.2, -0.15) is 0 Å². The number of carbonyl (C=O) groups is 1. The normalized spacial score (nSPS) is 12.4. The van der Waals surface area contributed by atoms with Crippen LogP contribution < -0.4 is 5.32 Å². The Kier molecular flexibility index (Phi) is 6.13. The first-order valence-corrected chi connectivity index (χ1v) is 11.4. The van der Waals surface area contributed by atoms with Crippen LogP contribution in [0.15, 0.2) is 59.9 Å². The van der Waals surface area contributed by atoms with Crippen molar-refractivity contribution in [2.24, 2.45) is 5.92 Å². The number of benzene rings is 2. The highest BCUT2D eigenvalue weighted by molar-refractivity contribution is 7.99. The molecule has 0 saturated carbocycles. The lowest BCUT2D eigenvalue weighted by molar-refractivity contribution is -0.119. The molecule has 0 fully saturated rings. The highest BCUT2D eigenvalue weighted by Gasteiger charge is 2.20. The quantitative estimate of drug-likeness (QED) is 0.403. The molecule has 0 radical (unpaired) electrons. The van der Waals surface area contributed by atoms with Crippen LogP contribution >= 0.6 is 11.8 Å². The first kappa shape index (κ1) is 21.2. The van der Waals surface area contributed by atoms with Crippen molar-refractivity contribution in [2.75, 3.05) is 5.75 Å². The van der Waals surface area contributed by atoms with Gasteiger partial charge in [0.15, 0.2) is 11.0 Å². The van der Waals surface area contributed by atoms with E-state index in [-0.39, 0.29) is 17.7 Å². The van der Waals surface area contributed by atoms with Gasteiger partial charge in [-0.1, -0.05) is 55.9 Å². The Hall–Kier alpha value is -3.06. The van der Waals surface area contributed by atoms with Gasteiger partial charge in [-0.05, 0) is 43.5 Å². The number of para-hydroxylation sites is 1. The highest BCUT2D eigenvalue weighted by Crippen LogP contribution is 2.32. The summed E-state index contributed by atoms with van der Waals surface area (Å²) in [7, 11) is 0. The number of aromatic nitrogens is 4. The minimum atomic E-state index is -0.00126. The summed E-state index contributed by atoms with van der Waals surface area (Å²) in [5, 5.41) is 13.8. The molecule has 1 amide bonds. The summed E-state index contributed by atoms with van der Waals surface area (Å²) in [5.41, 5.74) is 4.15. The van der Waals surface area contributed by atoms with Gasteiger partial charge < -0.3 is 10.3 Å². The number of H-pyrrole nitrogens is 1. The maximum absolute atomic E-state index is 12.4. The molecule has 2 aromatic heterocycles. The molecule has 0 spiro atoms. The molecule has 1 atom stereocenters. The van der Waals surface area contributed by atoms with E-state index in [1.807, 2.05) is 48.0 Å². The lowest BCUT2D eigenvalue weighted by Gasteiger charge is -2.17. The van der Waals surface area contributed by atoms with E-state index in [2.05, 4.69) is 59.5 Å². The zero-order valence-electron chi connectivity index (χ0n) is 18.2. The maximum atomic E-state index is 12.4. The number of nitrogens with one attached hydrogen (secondary N) is 2. The number of hydrogen-bond donors (Lipinski definition) is 2. The van der Waals surface area contributed by atoms with Crippen LogP contribution in [0.2, 0.25) is 0 Å². The Morgan fingerprint density at radius 1 is 1.13 bits per heavy atom. The molecule has 2 heterocycles. The lowest BCUT2D eigenvalue weighted by Crippen LogP contribution is -2.37. The molecule has 0 aliphatic heterocycles. The summed E-state index contributed by atoms with van der Waals surface area (Å²) in [5.74, 6) is 1.42. The van der Waals surface area contributed by atoms with Gasteiger partial charge in [0.2, 0.25) is 5.91 Å². The summed E-state index contributed by atoms with van der Waals surface area (Å²) >= 11 is 1.40. The zero-order valence-corrected chi connectivity index (χ0v) is 19.0. The van der Waals surface area contributed by atoms with Gasteiger partial charge in [-0.15, -0.1) is 10.2 Å². The molecule has 6 nitrogen and oxygen atoms in total. The minimum absolute atomic E-state index is 0.00126. The predicted octanol–water partition coefficient (Wildman–Crippen LogP) is 4.98. The van der Waals surface area contributed by atoms with Crippen LogP contribution in [0.3, 0.4) is 0 Å². The Bertz CT molecular complexity index is 1210. The molecule has 0 aliphatic rings. The van der Waals surface area contributed by atoms with Crippen molar-refractivity contribution in [3.05, 3.63) is 60.3 Å². The lowest BCUT2D eigenvalue weighted by atomic mass is 10.1. The Balaban J connectivity index is 1.71. The largest absolute Gasteiger partial charge is 0.360 e. The van der Waals surface area contributed by atoms with Crippen molar-refractivity contribution < 1.29 is 4.79 Å². The fourth-order valence-electron chi connectivity index (χ4n) is 3.39. The van der Waals surface area contributed by atoms with Gasteiger partial charge in [-0.3, -0.25) is 9.36 Å². The van der Waals surface area contributed by atoms with Crippen molar-refractivity contribution in [3.8, 4) is 17.1 Å². The van der Waals surface area contributed by atoms with Gasteiger partial charge >= 0.3 is 0 Å². The van der Waals surface area contributed by atoms with Crippen molar-refractivity contribution in [1.82, 2.24) is 25.1 Å². The van der Waals surface area contributed by atoms with E-state index in [1.54, 1.807) is 0 Å². The third-order valence-corrected chi connectivity index (χ3v) is 6.37. The highest BCUT2D eigenvalue weighted by atomic mass is 32.2. The predicted molar refractivity (Wildman–Crippen MR) is 127 cm³/mol. The number of carbonyl (C=O) groups excluding carboxylic acids is 1. The number of fused-ring (bicyclic) bond motifs is 1. The topological polar surface area (TPSA) is 75.6 Å². The van der Waals surface area contributed by atoms with Gasteiger partial charge in [-0.25, -0.2) is 0 Å². The van der Waals surface area contributed by atoms with Crippen LogP contribution in [0.5, 0.6) is 0 Å². The molecule has 2 aromatic carbocycles. The summed E-state index contributed by atoms with van der Waals surface area (Å²) in [4.78, 5) is 15.8. The summed E-state index contributed by atoms with van der Waals surface area (Å²) in [6, 6.07) is 16.5. The van der Waals surface area contributed by atoms with E-state index < -0.39 is 0 Å². The smallest absolute Gasteiger partial charge is 0.230 e. The molecule has 31 heavy (non-hydrogen) atoms. The van der Waals surface area contributed by atoms with Crippen molar-refractivity contribution in [1.29, 1.82) is 0 Å². The average Bonchev–Trinajstić information content (AvgIpc) is 3.36. The maximum Gasteiger partial charge on any atom is 0.230 e. The first-order chi connectivity index (χ1) is 14.9. The van der Waals surface area contributed by atoms with E-state index in [0.29, 0.717) is 11.1 Å². The van der Waals surface area contributed by atoms with Crippen LogP contribution in [-0.2, 0) is 4.79 Å². The van der Waals surface area contributed by atoms with Crippen LogP contribution in [0.25, 0.3) is 28.0 Å². The number of amides is 1. The third kappa shape index (κ3) is 4.51. The van der Waals surface area contributed by atoms with Gasteiger partial charge in [0.25, 0.3) is 0 Å². The summed E-state index contributed by atoms with van der Waals surface area (Å²) < 4.78 is 2.03. The van der Waals surface area contributed by atoms with E-state index >= 15 is 0 Å². The number of aromatic amines is 1. The van der Waals surface area contributed by atoms with E-state index in [4.69, 9.17) is 0 Å². The zero-order chi connectivity index (χ0) is 22.0. The molecule has 7 heteroatoms. The number of aryl methyl sites for hydroxylation is 1. The SMILES string of the molecule is Cc1cccc(-n2c(SCC(=O)NC(C)C(C)C)nnc2-c2c[nH]c3ccccc23)c1. The molecule has 1 unspecified atom stereocenters. The fourth-order valence-corrected chi connectivity index (χ4v) is 4.15. The molecule has 4 rings (SSSR count). The fraction of sp³-hybridized carbons (Fsp3) is 0.292. The molecule has 2 N–H and O–H groups in total. The average molecular weight is 434 g/mol. The van der Waals surface area contributed by atoms with Gasteiger partial charge in [0.05, 0.1) is 5.75 Å². The third-order valence-electron chi connectivity index (χ3n) is 5.44. The molecule has 0 saturated heterocycles.